The highest BCUT2D eigenvalue weighted by Crippen LogP contribution is 2.12. The fourth-order valence-electron chi connectivity index (χ4n) is 1.62. The van der Waals surface area contributed by atoms with Crippen LogP contribution in [0.3, 0.4) is 0 Å². The molecule has 0 heterocycles. The smallest absolute Gasteiger partial charge is 0.305 e. The van der Waals surface area contributed by atoms with E-state index in [4.69, 9.17) is 4.74 Å². The van der Waals surface area contributed by atoms with Crippen molar-refractivity contribution in [1.29, 1.82) is 0 Å². The van der Waals surface area contributed by atoms with E-state index in [0.29, 0.717) is 6.42 Å². The Morgan fingerprint density at radius 3 is 2.63 bits per heavy atom. The van der Waals surface area contributed by atoms with Gasteiger partial charge in [-0.2, -0.15) is 0 Å². The lowest BCUT2D eigenvalue weighted by Gasteiger charge is -2.07. The Hall–Kier alpha value is -1.55. The molecule has 0 aliphatic rings. The lowest BCUT2D eigenvalue weighted by atomic mass is 10.2. The van der Waals surface area contributed by atoms with E-state index >= 15 is 0 Å². The lowest BCUT2D eigenvalue weighted by molar-refractivity contribution is -0.140. The standard InChI is InChI=1S/C15H23NO3/c1-3-11-19-14-8-6-13(7-9-14)12-16-10-4-5-15(17)18-2/h6-9,16H,3-5,10-12H2,1-2H3. The number of hydrogen-bond acceptors (Lipinski definition) is 4. The molecule has 0 aromatic heterocycles. The van der Waals surface area contributed by atoms with Crippen molar-refractivity contribution < 1.29 is 14.3 Å². The Labute approximate surface area is 115 Å². The van der Waals surface area contributed by atoms with Crippen molar-refractivity contribution in [2.45, 2.75) is 32.7 Å². The van der Waals surface area contributed by atoms with Gasteiger partial charge >= 0.3 is 5.97 Å². The molecule has 0 fully saturated rings. The first kappa shape index (κ1) is 15.5. The summed E-state index contributed by atoms with van der Waals surface area (Å²) >= 11 is 0. The van der Waals surface area contributed by atoms with Gasteiger partial charge in [-0.3, -0.25) is 4.79 Å². The molecule has 0 aliphatic carbocycles. The Bertz CT molecular complexity index is 362. The first-order valence-corrected chi connectivity index (χ1v) is 6.75. The third-order valence-corrected chi connectivity index (χ3v) is 2.69. The molecular weight excluding hydrogens is 242 g/mol. The average molecular weight is 265 g/mol. The van der Waals surface area contributed by atoms with Gasteiger partial charge in [0.1, 0.15) is 5.75 Å². The molecule has 4 nitrogen and oxygen atoms in total. The van der Waals surface area contributed by atoms with Gasteiger partial charge in [-0.05, 0) is 37.1 Å². The number of hydrogen-bond donors (Lipinski definition) is 1. The van der Waals surface area contributed by atoms with E-state index in [9.17, 15) is 4.79 Å². The molecule has 0 unspecified atom stereocenters. The summed E-state index contributed by atoms with van der Waals surface area (Å²) in [4.78, 5) is 10.9. The lowest BCUT2D eigenvalue weighted by Crippen LogP contribution is -2.16. The number of carbonyl (C=O) groups excluding carboxylic acids is 1. The summed E-state index contributed by atoms with van der Waals surface area (Å²) < 4.78 is 10.1. The summed E-state index contributed by atoms with van der Waals surface area (Å²) in [7, 11) is 1.41. The van der Waals surface area contributed by atoms with Crippen molar-refractivity contribution >= 4 is 5.97 Å². The maximum atomic E-state index is 10.9. The minimum Gasteiger partial charge on any atom is -0.494 e. The van der Waals surface area contributed by atoms with Crippen LogP contribution < -0.4 is 10.1 Å². The van der Waals surface area contributed by atoms with Crippen molar-refractivity contribution in [2.24, 2.45) is 0 Å². The predicted octanol–water partition coefficient (Wildman–Crippen LogP) is 2.52. The van der Waals surface area contributed by atoms with Gasteiger partial charge < -0.3 is 14.8 Å². The van der Waals surface area contributed by atoms with Crippen LogP contribution in [0.15, 0.2) is 24.3 Å². The summed E-state index contributed by atoms with van der Waals surface area (Å²) in [5.41, 5.74) is 1.21. The molecule has 1 aromatic carbocycles. The van der Waals surface area contributed by atoms with Gasteiger partial charge in [-0.25, -0.2) is 0 Å². The molecule has 106 valence electrons. The van der Waals surface area contributed by atoms with Crippen LogP contribution in [0.25, 0.3) is 0 Å². The number of ether oxygens (including phenoxy) is 2. The molecule has 0 amide bonds. The largest absolute Gasteiger partial charge is 0.494 e. The Morgan fingerprint density at radius 2 is 2.00 bits per heavy atom. The molecular formula is C15H23NO3. The van der Waals surface area contributed by atoms with Gasteiger partial charge in [-0.15, -0.1) is 0 Å². The highest BCUT2D eigenvalue weighted by molar-refractivity contribution is 5.69. The zero-order valence-corrected chi connectivity index (χ0v) is 11.8. The van der Waals surface area contributed by atoms with Crippen LogP contribution >= 0.6 is 0 Å². The van der Waals surface area contributed by atoms with Crippen LogP contribution in [0.1, 0.15) is 31.7 Å². The van der Waals surface area contributed by atoms with Crippen molar-refractivity contribution in [3.05, 3.63) is 29.8 Å². The molecule has 1 N–H and O–H groups in total. The van der Waals surface area contributed by atoms with Crippen LogP contribution in [0.5, 0.6) is 5.75 Å². The zero-order valence-electron chi connectivity index (χ0n) is 11.8. The number of benzene rings is 1. The van der Waals surface area contributed by atoms with E-state index in [-0.39, 0.29) is 5.97 Å². The zero-order chi connectivity index (χ0) is 13.9. The predicted molar refractivity (Wildman–Crippen MR) is 75.2 cm³/mol. The SMILES string of the molecule is CCCOc1ccc(CNCCCC(=O)OC)cc1. The van der Waals surface area contributed by atoms with Gasteiger partial charge in [0.05, 0.1) is 13.7 Å². The van der Waals surface area contributed by atoms with Crippen molar-refractivity contribution in [1.82, 2.24) is 5.32 Å². The molecule has 0 bridgehead atoms. The van der Waals surface area contributed by atoms with Gasteiger partial charge in [0.25, 0.3) is 0 Å². The van der Waals surface area contributed by atoms with Crippen LogP contribution in [0.2, 0.25) is 0 Å². The Balaban J connectivity index is 2.17. The highest BCUT2D eigenvalue weighted by Gasteiger charge is 1.99. The van der Waals surface area contributed by atoms with Crippen LogP contribution in [0.4, 0.5) is 0 Å². The molecule has 0 saturated carbocycles. The fraction of sp³-hybridized carbons (Fsp3) is 0.533. The quantitative estimate of drug-likeness (QED) is 0.550. The number of carbonyl (C=O) groups is 1. The maximum absolute atomic E-state index is 10.9. The van der Waals surface area contributed by atoms with E-state index in [1.807, 2.05) is 12.1 Å². The van der Waals surface area contributed by atoms with Gasteiger partial charge in [0.2, 0.25) is 0 Å². The summed E-state index contributed by atoms with van der Waals surface area (Å²) in [6.07, 6.45) is 2.28. The van der Waals surface area contributed by atoms with E-state index in [1.165, 1.54) is 12.7 Å². The van der Waals surface area contributed by atoms with E-state index in [2.05, 4.69) is 29.1 Å². The van der Waals surface area contributed by atoms with E-state index in [1.54, 1.807) is 0 Å². The minimum absolute atomic E-state index is 0.153. The number of nitrogens with one attached hydrogen (secondary N) is 1. The Morgan fingerprint density at radius 1 is 1.26 bits per heavy atom. The molecule has 4 heteroatoms. The summed E-state index contributed by atoms with van der Waals surface area (Å²) in [6, 6.07) is 8.08. The van der Waals surface area contributed by atoms with Crippen molar-refractivity contribution in [2.75, 3.05) is 20.3 Å². The molecule has 19 heavy (non-hydrogen) atoms. The number of methoxy groups -OCH3 is 1. The topological polar surface area (TPSA) is 47.6 Å². The van der Waals surface area contributed by atoms with Crippen LogP contribution in [-0.2, 0) is 16.1 Å². The van der Waals surface area contributed by atoms with E-state index in [0.717, 1.165) is 38.3 Å². The summed E-state index contributed by atoms with van der Waals surface area (Å²) in [5.74, 6) is 0.760. The normalized spacial score (nSPS) is 10.2. The molecule has 1 rings (SSSR count). The fourth-order valence-corrected chi connectivity index (χ4v) is 1.62. The highest BCUT2D eigenvalue weighted by atomic mass is 16.5. The third kappa shape index (κ3) is 6.82. The third-order valence-electron chi connectivity index (χ3n) is 2.69. The molecule has 0 saturated heterocycles. The van der Waals surface area contributed by atoms with Gasteiger partial charge in [-0.1, -0.05) is 19.1 Å². The average Bonchev–Trinajstić information content (AvgIpc) is 2.45. The summed E-state index contributed by atoms with van der Waals surface area (Å²) in [5, 5.41) is 3.30. The van der Waals surface area contributed by atoms with Gasteiger partial charge in [0.15, 0.2) is 0 Å². The monoisotopic (exact) mass is 265 g/mol. The Kier molecular flexibility index (Phi) is 7.66. The first-order chi connectivity index (χ1) is 9.26. The molecule has 0 radical (unpaired) electrons. The van der Waals surface area contributed by atoms with E-state index < -0.39 is 0 Å². The number of esters is 1. The number of rotatable bonds is 9. The van der Waals surface area contributed by atoms with Gasteiger partial charge in [0, 0.05) is 13.0 Å². The minimum atomic E-state index is -0.153. The molecule has 1 aromatic rings. The first-order valence-electron chi connectivity index (χ1n) is 6.75. The van der Waals surface area contributed by atoms with Crippen LogP contribution in [0, 0.1) is 0 Å². The second kappa shape index (κ2) is 9.39. The molecule has 0 atom stereocenters. The molecule has 0 aliphatic heterocycles. The van der Waals surface area contributed by atoms with Crippen LogP contribution in [-0.4, -0.2) is 26.2 Å². The second-order valence-electron chi connectivity index (χ2n) is 4.35. The maximum Gasteiger partial charge on any atom is 0.305 e. The second-order valence-corrected chi connectivity index (χ2v) is 4.35. The van der Waals surface area contributed by atoms with Crippen molar-refractivity contribution in [3.63, 3.8) is 0 Å². The van der Waals surface area contributed by atoms with Crippen molar-refractivity contribution in [3.8, 4) is 5.75 Å². The summed E-state index contributed by atoms with van der Waals surface area (Å²) in [6.45, 7) is 4.45. The molecule has 0 spiro atoms.